The van der Waals surface area contributed by atoms with Gasteiger partial charge in [-0.25, -0.2) is 0 Å². The Morgan fingerprint density at radius 3 is 2.64 bits per heavy atom. The van der Waals surface area contributed by atoms with E-state index in [-0.39, 0.29) is 0 Å². The molecule has 0 N–H and O–H groups in total. The Hall–Kier alpha value is -0.330. The van der Waals surface area contributed by atoms with Gasteiger partial charge in [0.1, 0.15) is 6.29 Å². The predicted octanol–water partition coefficient (Wildman–Crippen LogP) is 3.57. The monoisotopic (exact) mass is 194 g/mol. The smallest absolute Gasteiger partial charge is 0.120 e. The number of fused-ring (bicyclic) bond motifs is 1. The van der Waals surface area contributed by atoms with Crippen LogP contribution in [0.25, 0.3) is 0 Å². The number of carbonyl (C=O) groups excluding carboxylic acids is 1. The Morgan fingerprint density at radius 1 is 1.00 bits per heavy atom. The van der Waals surface area contributed by atoms with Gasteiger partial charge in [-0.2, -0.15) is 0 Å². The van der Waals surface area contributed by atoms with E-state index in [4.69, 9.17) is 0 Å². The maximum Gasteiger partial charge on any atom is 0.120 e. The number of hydrogen-bond donors (Lipinski definition) is 0. The van der Waals surface area contributed by atoms with Gasteiger partial charge < -0.3 is 4.79 Å². The SMILES string of the molecule is O=CCCC1CCCC2CCCCC12. The van der Waals surface area contributed by atoms with Gasteiger partial charge >= 0.3 is 0 Å². The minimum Gasteiger partial charge on any atom is -0.303 e. The molecule has 1 heteroatoms. The van der Waals surface area contributed by atoms with Crippen LogP contribution in [-0.4, -0.2) is 6.29 Å². The normalized spacial score (nSPS) is 37.6. The summed E-state index contributed by atoms with van der Waals surface area (Å²) in [5, 5.41) is 0. The van der Waals surface area contributed by atoms with Gasteiger partial charge in [0.25, 0.3) is 0 Å². The second-order valence-electron chi connectivity index (χ2n) is 5.14. The predicted molar refractivity (Wildman–Crippen MR) is 58.1 cm³/mol. The van der Waals surface area contributed by atoms with Gasteiger partial charge in [-0.15, -0.1) is 0 Å². The Labute approximate surface area is 87.3 Å². The maximum atomic E-state index is 10.4. The van der Waals surface area contributed by atoms with E-state index >= 15 is 0 Å². The van der Waals surface area contributed by atoms with Gasteiger partial charge in [0, 0.05) is 6.42 Å². The van der Waals surface area contributed by atoms with E-state index in [1.165, 1.54) is 51.4 Å². The van der Waals surface area contributed by atoms with Gasteiger partial charge in [0.15, 0.2) is 0 Å². The molecular weight excluding hydrogens is 172 g/mol. The molecule has 0 heterocycles. The van der Waals surface area contributed by atoms with Crippen molar-refractivity contribution in [2.75, 3.05) is 0 Å². The lowest BCUT2D eigenvalue weighted by molar-refractivity contribution is -0.108. The molecule has 0 aliphatic heterocycles. The van der Waals surface area contributed by atoms with E-state index in [1.54, 1.807) is 0 Å². The van der Waals surface area contributed by atoms with Gasteiger partial charge in [-0.1, -0.05) is 38.5 Å². The fourth-order valence-electron chi connectivity index (χ4n) is 3.71. The molecule has 2 rings (SSSR count). The van der Waals surface area contributed by atoms with Gasteiger partial charge in [-0.05, 0) is 30.6 Å². The molecule has 2 saturated carbocycles. The van der Waals surface area contributed by atoms with Crippen molar-refractivity contribution in [3.8, 4) is 0 Å². The van der Waals surface area contributed by atoms with Crippen molar-refractivity contribution in [2.45, 2.75) is 57.8 Å². The summed E-state index contributed by atoms with van der Waals surface area (Å²) >= 11 is 0. The molecule has 14 heavy (non-hydrogen) atoms. The van der Waals surface area contributed by atoms with Gasteiger partial charge in [0.05, 0.1) is 0 Å². The summed E-state index contributed by atoms with van der Waals surface area (Å²) in [6.07, 6.45) is 13.2. The van der Waals surface area contributed by atoms with Crippen LogP contribution >= 0.6 is 0 Å². The topological polar surface area (TPSA) is 17.1 Å². The zero-order valence-corrected chi connectivity index (χ0v) is 9.08. The second-order valence-corrected chi connectivity index (χ2v) is 5.14. The zero-order chi connectivity index (χ0) is 9.80. The summed E-state index contributed by atoms with van der Waals surface area (Å²) in [6, 6.07) is 0. The summed E-state index contributed by atoms with van der Waals surface area (Å²) in [6.45, 7) is 0. The van der Waals surface area contributed by atoms with Crippen LogP contribution in [0, 0.1) is 17.8 Å². The Balaban J connectivity index is 1.90. The maximum absolute atomic E-state index is 10.4. The molecule has 0 bridgehead atoms. The minimum absolute atomic E-state index is 0.799. The molecule has 2 aliphatic carbocycles. The summed E-state index contributed by atoms with van der Waals surface area (Å²) in [5.41, 5.74) is 0. The second kappa shape index (κ2) is 4.95. The van der Waals surface area contributed by atoms with E-state index in [2.05, 4.69) is 0 Å². The zero-order valence-electron chi connectivity index (χ0n) is 9.08. The third kappa shape index (κ3) is 2.18. The molecule has 2 fully saturated rings. The molecule has 0 aromatic carbocycles. The standard InChI is InChI=1S/C13H22O/c14-10-4-8-12-7-3-6-11-5-1-2-9-13(11)12/h10-13H,1-9H2. The van der Waals surface area contributed by atoms with Crippen LogP contribution in [0.5, 0.6) is 0 Å². The Kier molecular flexibility index (Phi) is 3.61. The highest BCUT2D eigenvalue weighted by molar-refractivity contribution is 5.49. The van der Waals surface area contributed by atoms with Crippen LogP contribution in [-0.2, 0) is 4.79 Å². The van der Waals surface area contributed by atoms with Crippen LogP contribution in [0.15, 0.2) is 0 Å². The number of hydrogen-bond acceptors (Lipinski definition) is 1. The highest BCUT2D eigenvalue weighted by Crippen LogP contribution is 2.45. The summed E-state index contributed by atoms with van der Waals surface area (Å²) < 4.78 is 0. The van der Waals surface area contributed by atoms with Crippen molar-refractivity contribution < 1.29 is 4.79 Å². The van der Waals surface area contributed by atoms with Crippen molar-refractivity contribution in [1.29, 1.82) is 0 Å². The highest BCUT2D eigenvalue weighted by Gasteiger charge is 2.33. The molecule has 0 radical (unpaired) electrons. The van der Waals surface area contributed by atoms with Crippen molar-refractivity contribution >= 4 is 6.29 Å². The molecular formula is C13H22O. The Morgan fingerprint density at radius 2 is 1.79 bits per heavy atom. The van der Waals surface area contributed by atoms with E-state index in [1.807, 2.05) is 0 Å². The first-order chi connectivity index (χ1) is 6.92. The number of carbonyl (C=O) groups is 1. The van der Waals surface area contributed by atoms with Crippen molar-refractivity contribution in [3.63, 3.8) is 0 Å². The largest absolute Gasteiger partial charge is 0.303 e. The summed E-state index contributed by atoms with van der Waals surface area (Å²) in [5.74, 6) is 2.89. The first-order valence-electron chi connectivity index (χ1n) is 6.35. The molecule has 2 aliphatic rings. The van der Waals surface area contributed by atoms with Crippen LogP contribution < -0.4 is 0 Å². The molecule has 0 saturated heterocycles. The third-order valence-corrected chi connectivity index (χ3v) is 4.38. The molecule has 0 aromatic heterocycles. The first kappa shape index (κ1) is 10.2. The summed E-state index contributed by atoms with van der Waals surface area (Å²) in [4.78, 5) is 10.4. The van der Waals surface area contributed by atoms with Crippen molar-refractivity contribution in [3.05, 3.63) is 0 Å². The van der Waals surface area contributed by atoms with Crippen LogP contribution in [0.3, 0.4) is 0 Å². The minimum atomic E-state index is 0.799. The number of rotatable bonds is 3. The quantitative estimate of drug-likeness (QED) is 0.628. The van der Waals surface area contributed by atoms with Crippen molar-refractivity contribution in [1.82, 2.24) is 0 Å². The summed E-state index contributed by atoms with van der Waals surface area (Å²) in [7, 11) is 0. The van der Waals surface area contributed by atoms with Gasteiger partial charge in [0.2, 0.25) is 0 Å². The third-order valence-electron chi connectivity index (χ3n) is 4.38. The average molecular weight is 194 g/mol. The van der Waals surface area contributed by atoms with E-state index in [0.717, 1.165) is 30.5 Å². The lowest BCUT2D eigenvalue weighted by Gasteiger charge is -2.41. The Bertz CT molecular complexity index is 186. The van der Waals surface area contributed by atoms with Gasteiger partial charge in [-0.3, -0.25) is 0 Å². The van der Waals surface area contributed by atoms with E-state index < -0.39 is 0 Å². The van der Waals surface area contributed by atoms with Crippen LogP contribution in [0.2, 0.25) is 0 Å². The van der Waals surface area contributed by atoms with E-state index in [0.29, 0.717) is 0 Å². The van der Waals surface area contributed by atoms with Crippen molar-refractivity contribution in [2.24, 2.45) is 17.8 Å². The molecule has 3 unspecified atom stereocenters. The lowest BCUT2D eigenvalue weighted by Crippen LogP contribution is -2.30. The molecule has 0 amide bonds. The molecule has 1 nitrogen and oxygen atoms in total. The van der Waals surface area contributed by atoms with Crippen LogP contribution in [0.1, 0.15) is 57.8 Å². The van der Waals surface area contributed by atoms with E-state index in [9.17, 15) is 4.79 Å². The average Bonchev–Trinajstić information content (AvgIpc) is 2.26. The first-order valence-corrected chi connectivity index (χ1v) is 6.35. The molecule has 0 spiro atoms. The highest BCUT2D eigenvalue weighted by atomic mass is 16.1. The van der Waals surface area contributed by atoms with Crippen LogP contribution in [0.4, 0.5) is 0 Å². The molecule has 3 atom stereocenters. The molecule has 80 valence electrons. The number of aldehydes is 1. The fourth-order valence-corrected chi connectivity index (χ4v) is 3.71. The fraction of sp³-hybridized carbons (Fsp3) is 0.923. The molecule has 0 aromatic rings. The lowest BCUT2D eigenvalue weighted by atomic mass is 9.64.